The van der Waals surface area contributed by atoms with Crippen molar-refractivity contribution in [3.05, 3.63) is 87.3 Å². The SMILES string of the molecule is COc1ccc(/C(O)=C2/C(=O)C(=O)N(c3ccc(C)c(Cl)c3)C2c2ccco2)cc1Cl. The number of carbonyl (C=O) groups excluding carboxylic acids is 2. The summed E-state index contributed by atoms with van der Waals surface area (Å²) in [4.78, 5) is 27.3. The minimum absolute atomic E-state index is 0.113. The van der Waals surface area contributed by atoms with Gasteiger partial charge in [-0.25, -0.2) is 0 Å². The summed E-state index contributed by atoms with van der Waals surface area (Å²) in [6.07, 6.45) is 1.43. The molecule has 0 spiro atoms. The fourth-order valence-corrected chi connectivity index (χ4v) is 3.95. The van der Waals surface area contributed by atoms with Crippen molar-refractivity contribution < 1.29 is 23.8 Å². The van der Waals surface area contributed by atoms with E-state index in [9.17, 15) is 14.7 Å². The zero-order chi connectivity index (χ0) is 22.3. The Labute approximate surface area is 188 Å². The number of hydrogen-bond acceptors (Lipinski definition) is 5. The van der Waals surface area contributed by atoms with Crippen molar-refractivity contribution in [2.45, 2.75) is 13.0 Å². The van der Waals surface area contributed by atoms with Crippen molar-refractivity contribution in [2.75, 3.05) is 12.0 Å². The molecule has 31 heavy (non-hydrogen) atoms. The van der Waals surface area contributed by atoms with Crippen LogP contribution in [0.25, 0.3) is 5.76 Å². The van der Waals surface area contributed by atoms with Crippen LogP contribution in [0.3, 0.4) is 0 Å². The Kier molecular flexibility index (Phi) is 5.52. The molecule has 1 aliphatic heterocycles. The van der Waals surface area contributed by atoms with Crippen molar-refractivity contribution in [2.24, 2.45) is 0 Å². The van der Waals surface area contributed by atoms with E-state index in [1.54, 1.807) is 42.5 Å². The molecule has 1 N–H and O–H groups in total. The first-order valence-electron chi connectivity index (χ1n) is 9.28. The third-order valence-corrected chi connectivity index (χ3v) is 5.82. The molecule has 1 amide bonds. The highest BCUT2D eigenvalue weighted by molar-refractivity contribution is 6.51. The van der Waals surface area contributed by atoms with Crippen molar-refractivity contribution in [3.8, 4) is 5.75 Å². The molecule has 0 aliphatic carbocycles. The summed E-state index contributed by atoms with van der Waals surface area (Å²) in [5, 5.41) is 11.7. The second kappa shape index (κ2) is 8.13. The van der Waals surface area contributed by atoms with Crippen LogP contribution in [-0.4, -0.2) is 23.9 Å². The van der Waals surface area contributed by atoms with Crippen molar-refractivity contribution in [1.29, 1.82) is 0 Å². The highest BCUT2D eigenvalue weighted by atomic mass is 35.5. The molecule has 2 aromatic carbocycles. The van der Waals surface area contributed by atoms with Gasteiger partial charge in [-0.2, -0.15) is 0 Å². The molecule has 1 unspecified atom stereocenters. The molecule has 1 atom stereocenters. The summed E-state index contributed by atoms with van der Waals surface area (Å²) in [5.41, 5.74) is 1.38. The third-order valence-electron chi connectivity index (χ3n) is 5.12. The van der Waals surface area contributed by atoms with Crippen LogP contribution in [0.15, 0.2) is 64.8 Å². The van der Waals surface area contributed by atoms with E-state index in [1.807, 2.05) is 6.92 Å². The minimum Gasteiger partial charge on any atom is -0.507 e. The molecule has 0 radical (unpaired) electrons. The van der Waals surface area contributed by atoms with E-state index < -0.39 is 17.7 Å². The third kappa shape index (κ3) is 3.58. The molecule has 4 rings (SSSR count). The van der Waals surface area contributed by atoms with Crippen LogP contribution in [0, 0.1) is 6.92 Å². The molecule has 158 valence electrons. The van der Waals surface area contributed by atoms with Gasteiger partial charge >= 0.3 is 0 Å². The topological polar surface area (TPSA) is 80.0 Å². The van der Waals surface area contributed by atoms with E-state index in [2.05, 4.69) is 0 Å². The van der Waals surface area contributed by atoms with Crippen LogP contribution >= 0.6 is 23.2 Å². The molecular weight excluding hydrogens is 441 g/mol. The maximum absolute atomic E-state index is 13.0. The number of anilines is 1. The van der Waals surface area contributed by atoms with E-state index in [1.165, 1.54) is 24.3 Å². The fraction of sp³-hybridized carbons (Fsp3) is 0.130. The van der Waals surface area contributed by atoms with Gasteiger partial charge in [-0.15, -0.1) is 0 Å². The number of ketones is 1. The first-order valence-corrected chi connectivity index (χ1v) is 10.0. The second-order valence-electron chi connectivity index (χ2n) is 6.97. The second-order valence-corrected chi connectivity index (χ2v) is 7.78. The monoisotopic (exact) mass is 457 g/mol. The number of amides is 1. The van der Waals surface area contributed by atoms with Gasteiger partial charge in [-0.05, 0) is 55.0 Å². The Hall–Kier alpha value is -3.22. The van der Waals surface area contributed by atoms with Gasteiger partial charge in [0.05, 0.1) is 24.0 Å². The molecular formula is C23H17Cl2NO5. The Balaban J connectivity index is 1.91. The summed E-state index contributed by atoms with van der Waals surface area (Å²) < 4.78 is 10.7. The highest BCUT2D eigenvalue weighted by Gasteiger charge is 2.48. The number of furan rings is 1. The average molecular weight is 458 g/mol. The van der Waals surface area contributed by atoms with Gasteiger partial charge in [0.25, 0.3) is 11.7 Å². The maximum Gasteiger partial charge on any atom is 0.300 e. The fourth-order valence-electron chi connectivity index (χ4n) is 3.52. The lowest BCUT2D eigenvalue weighted by Crippen LogP contribution is -2.29. The lowest BCUT2D eigenvalue weighted by Gasteiger charge is -2.23. The van der Waals surface area contributed by atoms with Gasteiger partial charge in [0, 0.05) is 16.3 Å². The highest BCUT2D eigenvalue weighted by Crippen LogP contribution is 2.43. The summed E-state index contributed by atoms with van der Waals surface area (Å²) in [6.45, 7) is 1.83. The first-order chi connectivity index (χ1) is 14.8. The number of Topliss-reactive ketones (excluding diaryl/α,β-unsaturated/α-hetero) is 1. The van der Waals surface area contributed by atoms with Gasteiger partial charge in [-0.3, -0.25) is 14.5 Å². The first kappa shape index (κ1) is 21.0. The number of aliphatic hydroxyl groups is 1. The maximum atomic E-state index is 13.0. The van der Waals surface area contributed by atoms with Gasteiger partial charge in [0.2, 0.25) is 0 Å². The number of rotatable bonds is 4. The number of halogens is 2. The zero-order valence-electron chi connectivity index (χ0n) is 16.6. The number of hydrogen-bond donors (Lipinski definition) is 1. The Bertz CT molecular complexity index is 1220. The lowest BCUT2D eigenvalue weighted by molar-refractivity contribution is -0.132. The van der Waals surface area contributed by atoms with E-state index in [0.29, 0.717) is 22.2 Å². The quantitative estimate of drug-likeness (QED) is 0.316. The Morgan fingerprint density at radius 1 is 1.10 bits per heavy atom. The van der Waals surface area contributed by atoms with Crippen LogP contribution in [0.4, 0.5) is 5.69 Å². The minimum atomic E-state index is -0.977. The number of methoxy groups -OCH3 is 1. The number of aryl methyl sites for hydroxylation is 1. The largest absolute Gasteiger partial charge is 0.507 e. The van der Waals surface area contributed by atoms with Crippen LogP contribution in [0.2, 0.25) is 10.0 Å². The van der Waals surface area contributed by atoms with Crippen molar-refractivity contribution >= 4 is 46.3 Å². The predicted molar refractivity (Wildman–Crippen MR) is 118 cm³/mol. The Morgan fingerprint density at radius 2 is 1.87 bits per heavy atom. The number of benzene rings is 2. The van der Waals surface area contributed by atoms with Crippen LogP contribution in [0.5, 0.6) is 5.75 Å². The molecule has 6 nitrogen and oxygen atoms in total. The van der Waals surface area contributed by atoms with E-state index in [4.69, 9.17) is 32.4 Å². The molecule has 2 heterocycles. The number of carbonyl (C=O) groups is 2. The normalized spacial score (nSPS) is 17.9. The van der Waals surface area contributed by atoms with Crippen LogP contribution < -0.4 is 9.64 Å². The Morgan fingerprint density at radius 3 is 2.48 bits per heavy atom. The van der Waals surface area contributed by atoms with Crippen molar-refractivity contribution in [1.82, 2.24) is 0 Å². The molecule has 0 saturated carbocycles. The van der Waals surface area contributed by atoms with E-state index >= 15 is 0 Å². The number of aliphatic hydroxyl groups excluding tert-OH is 1. The summed E-state index contributed by atoms with van der Waals surface area (Å²) >= 11 is 12.4. The summed E-state index contributed by atoms with van der Waals surface area (Å²) in [6, 6.07) is 11.9. The van der Waals surface area contributed by atoms with Crippen LogP contribution in [-0.2, 0) is 9.59 Å². The van der Waals surface area contributed by atoms with E-state index in [0.717, 1.165) is 5.56 Å². The molecule has 3 aromatic rings. The number of ether oxygens (including phenoxy) is 1. The van der Waals surface area contributed by atoms with Gasteiger partial charge < -0.3 is 14.3 Å². The summed E-state index contributed by atoms with van der Waals surface area (Å²) in [5.74, 6) is -1.29. The zero-order valence-corrected chi connectivity index (χ0v) is 18.1. The van der Waals surface area contributed by atoms with Crippen LogP contribution in [0.1, 0.15) is 22.9 Å². The summed E-state index contributed by atoms with van der Waals surface area (Å²) in [7, 11) is 1.47. The smallest absolute Gasteiger partial charge is 0.300 e. The van der Waals surface area contributed by atoms with Gasteiger partial charge in [-0.1, -0.05) is 29.3 Å². The number of nitrogens with zero attached hydrogens (tertiary/aromatic N) is 1. The van der Waals surface area contributed by atoms with Crippen molar-refractivity contribution in [3.63, 3.8) is 0 Å². The van der Waals surface area contributed by atoms with E-state index in [-0.39, 0.29) is 21.9 Å². The molecule has 1 saturated heterocycles. The predicted octanol–water partition coefficient (Wildman–Crippen LogP) is 5.53. The van der Waals surface area contributed by atoms with Gasteiger partial charge in [0.15, 0.2) is 0 Å². The average Bonchev–Trinajstić information content (AvgIpc) is 3.37. The molecule has 1 fully saturated rings. The molecule has 1 aromatic heterocycles. The molecule has 1 aliphatic rings. The lowest BCUT2D eigenvalue weighted by atomic mass is 9.99. The van der Waals surface area contributed by atoms with Gasteiger partial charge in [0.1, 0.15) is 23.3 Å². The standard InChI is InChI=1S/C23H17Cl2NO5/c1-12-5-7-14(11-15(12)24)26-20(18-4-3-9-31-18)19(22(28)23(26)29)21(27)13-6-8-17(30-2)16(25)10-13/h3-11,20,27H,1-2H3/b21-19-. The molecule has 8 heteroatoms. The molecule has 0 bridgehead atoms.